The maximum atomic E-state index is 13.8. The van der Waals surface area contributed by atoms with Gasteiger partial charge < -0.3 is 15.2 Å². The minimum atomic E-state index is -1.42. The number of amides is 3. The highest BCUT2D eigenvalue weighted by Crippen LogP contribution is 2.54. The highest BCUT2D eigenvalue weighted by Gasteiger charge is 2.71. The molecule has 5 rings (SSSR count). The second-order valence-electron chi connectivity index (χ2n) is 9.26. The molecule has 2 saturated heterocycles. The SMILES string of the molecule is COc1ccccc1CN1C(=O)[C@@H]2[C@H]([C@H](C)O)N[C@@]3(C(=O)Nc4c(C)cc(C)cc43)[C@@H]2C1=O. The highest BCUT2D eigenvalue weighted by molar-refractivity contribution is 6.15. The summed E-state index contributed by atoms with van der Waals surface area (Å²) in [5, 5.41) is 16.7. The van der Waals surface area contributed by atoms with E-state index in [4.69, 9.17) is 4.74 Å². The van der Waals surface area contributed by atoms with Crippen molar-refractivity contribution in [3.05, 3.63) is 58.7 Å². The molecule has 1 spiro atoms. The first-order valence-corrected chi connectivity index (χ1v) is 11.1. The molecule has 2 fully saturated rings. The number of benzene rings is 2. The summed E-state index contributed by atoms with van der Waals surface area (Å²) in [6, 6.07) is 10.3. The molecule has 5 atom stereocenters. The largest absolute Gasteiger partial charge is 0.496 e. The Morgan fingerprint density at radius 3 is 2.58 bits per heavy atom. The molecule has 8 heteroatoms. The molecule has 3 amide bonds. The van der Waals surface area contributed by atoms with Gasteiger partial charge in [0.25, 0.3) is 0 Å². The Labute approximate surface area is 191 Å². The molecule has 3 aliphatic rings. The number of aliphatic hydroxyl groups excluding tert-OH is 1. The van der Waals surface area contributed by atoms with Gasteiger partial charge in [-0.25, -0.2) is 0 Å². The van der Waals surface area contributed by atoms with Crippen LogP contribution in [0.5, 0.6) is 5.75 Å². The third-order valence-corrected chi connectivity index (χ3v) is 7.23. The fourth-order valence-corrected chi connectivity index (χ4v) is 5.82. The van der Waals surface area contributed by atoms with Crippen LogP contribution in [0.2, 0.25) is 0 Å². The van der Waals surface area contributed by atoms with E-state index in [-0.39, 0.29) is 12.5 Å². The Kier molecular flexibility index (Phi) is 4.84. The van der Waals surface area contributed by atoms with Crippen molar-refractivity contribution in [2.24, 2.45) is 11.8 Å². The Bertz CT molecular complexity index is 1190. The highest BCUT2D eigenvalue weighted by atomic mass is 16.5. The molecule has 0 bridgehead atoms. The molecule has 0 saturated carbocycles. The molecule has 0 aromatic heterocycles. The van der Waals surface area contributed by atoms with Gasteiger partial charge in [0.05, 0.1) is 31.6 Å². The van der Waals surface area contributed by atoms with Crippen LogP contribution in [-0.2, 0) is 26.5 Å². The number of para-hydroxylation sites is 1. The minimum absolute atomic E-state index is 0.0403. The first kappa shape index (κ1) is 21.6. The number of nitrogens with zero attached hydrogens (tertiary/aromatic N) is 1. The second kappa shape index (κ2) is 7.40. The molecule has 172 valence electrons. The number of carbonyl (C=O) groups is 3. The molecular weight excluding hydrogens is 422 g/mol. The maximum absolute atomic E-state index is 13.8. The third kappa shape index (κ3) is 2.87. The third-order valence-electron chi connectivity index (χ3n) is 7.23. The quantitative estimate of drug-likeness (QED) is 0.612. The van der Waals surface area contributed by atoms with E-state index in [2.05, 4.69) is 10.6 Å². The summed E-state index contributed by atoms with van der Waals surface area (Å²) >= 11 is 0. The number of nitrogens with one attached hydrogen (secondary N) is 2. The van der Waals surface area contributed by atoms with E-state index < -0.39 is 41.3 Å². The van der Waals surface area contributed by atoms with Gasteiger partial charge in [-0.1, -0.05) is 35.9 Å². The zero-order chi connectivity index (χ0) is 23.7. The number of carbonyl (C=O) groups excluding carboxylic acids is 3. The molecule has 3 heterocycles. The molecule has 3 N–H and O–H groups in total. The van der Waals surface area contributed by atoms with Gasteiger partial charge in [0.1, 0.15) is 11.3 Å². The van der Waals surface area contributed by atoms with Crippen LogP contribution in [0.4, 0.5) is 5.69 Å². The van der Waals surface area contributed by atoms with Crippen LogP contribution in [0, 0.1) is 25.7 Å². The van der Waals surface area contributed by atoms with Gasteiger partial charge in [-0.2, -0.15) is 0 Å². The number of imide groups is 1. The lowest BCUT2D eigenvalue weighted by Gasteiger charge is -2.30. The number of fused-ring (bicyclic) bond motifs is 4. The predicted octanol–water partition coefficient (Wildman–Crippen LogP) is 1.61. The normalized spacial score (nSPS) is 28.8. The van der Waals surface area contributed by atoms with Crippen molar-refractivity contribution in [1.82, 2.24) is 10.2 Å². The summed E-state index contributed by atoms with van der Waals surface area (Å²) in [7, 11) is 1.54. The van der Waals surface area contributed by atoms with Crippen molar-refractivity contribution >= 4 is 23.4 Å². The summed E-state index contributed by atoms with van der Waals surface area (Å²) in [6.07, 6.45) is -0.942. The lowest BCUT2D eigenvalue weighted by molar-refractivity contribution is -0.143. The van der Waals surface area contributed by atoms with Crippen LogP contribution in [-0.4, -0.2) is 47.0 Å². The van der Waals surface area contributed by atoms with E-state index in [0.717, 1.165) is 11.1 Å². The molecule has 3 aliphatic heterocycles. The molecule has 0 radical (unpaired) electrons. The van der Waals surface area contributed by atoms with Crippen LogP contribution in [0.3, 0.4) is 0 Å². The number of rotatable bonds is 4. The Balaban J connectivity index is 1.63. The van der Waals surface area contributed by atoms with E-state index in [9.17, 15) is 19.5 Å². The molecule has 2 aromatic rings. The first-order valence-electron chi connectivity index (χ1n) is 11.1. The Hall–Kier alpha value is -3.23. The van der Waals surface area contributed by atoms with Gasteiger partial charge in [-0.3, -0.25) is 24.6 Å². The summed E-state index contributed by atoms with van der Waals surface area (Å²) in [5.74, 6) is -2.42. The monoisotopic (exact) mass is 449 g/mol. The van der Waals surface area contributed by atoms with Crippen LogP contribution in [0.1, 0.15) is 29.2 Å². The number of anilines is 1. The lowest BCUT2D eigenvalue weighted by atomic mass is 9.75. The number of aryl methyl sites for hydroxylation is 2. The van der Waals surface area contributed by atoms with Crippen molar-refractivity contribution in [3.8, 4) is 5.75 Å². The van der Waals surface area contributed by atoms with Crippen LogP contribution in [0.25, 0.3) is 0 Å². The average Bonchev–Trinajstić information content (AvgIpc) is 3.36. The lowest BCUT2D eigenvalue weighted by Crippen LogP contribution is -2.54. The molecular formula is C25H27N3O5. The van der Waals surface area contributed by atoms with Gasteiger partial charge in [0.2, 0.25) is 17.7 Å². The van der Waals surface area contributed by atoms with Gasteiger partial charge in [0.15, 0.2) is 0 Å². The smallest absolute Gasteiger partial charge is 0.250 e. The molecule has 0 aliphatic carbocycles. The summed E-state index contributed by atoms with van der Waals surface area (Å²) in [6.45, 7) is 5.44. The van der Waals surface area contributed by atoms with Crippen molar-refractivity contribution in [2.45, 2.75) is 45.0 Å². The van der Waals surface area contributed by atoms with Crippen LogP contribution in [0.15, 0.2) is 36.4 Å². The number of likely N-dealkylation sites (tertiary alicyclic amines) is 1. The van der Waals surface area contributed by atoms with Gasteiger partial charge in [0, 0.05) is 22.9 Å². The number of ether oxygens (including phenoxy) is 1. The number of aliphatic hydroxyl groups is 1. The number of methoxy groups -OCH3 is 1. The first-order chi connectivity index (χ1) is 15.7. The zero-order valence-corrected chi connectivity index (χ0v) is 19.0. The standard InChI is InChI=1S/C25H27N3O5/c1-12-9-13(2)20-16(10-12)25(24(32)26-20)19-18(21(27-25)14(3)29)22(30)28(23(19)31)11-15-7-5-6-8-17(15)33-4/h5-10,14,18-19,21,27,29H,11H2,1-4H3,(H,26,32)/t14-,18-,19-,21-,25+/m0/s1. The molecule has 2 aromatic carbocycles. The van der Waals surface area contributed by atoms with E-state index >= 15 is 0 Å². The van der Waals surface area contributed by atoms with E-state index in [0.29, 0.717) is 22.6 Å². The fourth-order valence-electron chi connectivity index (χ4n) is 5.82. The summed E-state index contributed by atoms with van der Waals surface area (Å²) in [5.41, 5.74) is 2.43. The second-order valence-corrected chi connectivity index (χ2v) is 9.26. The van der Waals surface area contributed by atoms with E-state index in [1.54, 1.807) is 19.1 Å². The minimum Gasteiger partial charge on any atom is -0.496 e. The molecule has 33 heavy (non-hydrogen) atoms. The van der Waals surface area contributed by atoms with Crippen molar-refractivity contribution < 1.29 is 24.2 Å². The Morgan fingerprint density at radius 2 is 1.88 bits per heavy atom. The van der Waals surface area contributed by atoms with Crippen LogP contribution >= 0.6 is 0 Å². The summed E-state index contributed by atoms with van der Waals surface area (Å²) < 4.78 is 5.40. The summed E-state index contributed by atoms with van der Waals surface area (Å²) in [4.78, 5) is 42.1. The maximum Gasteiger partial charge on any atom is 0.250 e. The van der Waals surface area contributed by atoms with Crippen molar-refractivity contribution in [3.63, 3.8) is 0 Å². The number of hydrogen-bond acceptors (Lipinski definition) is 6. The van der Waals surface area contributed by atoms with Gasteiger partial charge in [-0.15, -0.1) is 0 Å². The zero-order valence-electron chi connectivity index (χ0n) is 19.0. The van der Waals surface area contributed by atoms with E-state index in [1.165, 1.54) is 12.0 Å². The Morgan fingerprint density at radius 1 is 1.15 bits per heavy atom. The molecule has 8 nitrogen and oxygen atoms in total. The predicted molar refractivity (Wildman–Crippen MR) is 120 cm³/mol. The number of hydrogen-bond donors (Lipinski definition) is 3. The average molecular weight is 450 g/mol. The van der Waals surface area contributed by atoms with Crippen molar-refractivity contribution in [2.75, 3.05) is 12.4 Å². The van der Waals surface area contributed by atoms with Gasteiger partial charge in [-0.05, 0) is 32.4 Å². The topological polar surface area (TPSA) is 108 Å². The molecule has 0 unspecified atom stereocenters. The van der Waals surface area contributed by atoms with Crippen molar-refractivity contribution in [1.29, 1.82) is 0 Å². The van der Waals surface area contributed by atoms with Crippen LogP contribution < -0.4 is 15.4 Å². The van der Waals surface area contributed by atoms with Gasteiger partial charge >= 0.3 is 0 Å². The van der Waals surface area contributed by atoms with E-state index in [1.807, 2.05) is 38.1 Å². The fraction of sp³-hybridized carbons (Fsp3) is 0.400.